The quantitative estimate of drug-likeness (QED) is 0.458. The second-order valence-electron chi connectivity index (χ2n) is 4.21. The molecule has 0 unspecified atom stereocenters. The summed E-state index contributed by atoms with van der Waals surface area (Å²) in [5, 5.41) is 11.0. The number of nitro benzene ring substituents is 1. The Morgan fingerprint density at radius 1 is 1.47 bits per heavy atom. The topological polar surface area (TPSA) is 63.5 Å². The Hall–Kier alpha value is -1.62. The number of hydrogen-bond donors (Lipinski definition) is 0. The third-order valence-corrected chi connectivity index (χ3v) is 3.08. The summed E-state index contributed by atoms with van der Waals surface area (Å²) in [6.07, 6.45) is 0.667. The van der Waals surface area contributed by atoms with Crippen molar-refractivity contribution in [2.75, 3.05) is 19.0 Å². The normalized spacial score (nSPS) is 10.3. The Morgan fingerprint density at radius 2 is 2.16 bits per heavy atom. The largest absolute Gasteiger partial charge is 0.339 e. The summed E-state index contributed by atoms with van der Waals surface area (Å²) < 4.78 is 0. The van der Waals surface area contributed by atoms with Gasteiger partial charge in [-0.25, -0.2) is 0 Å². The summed E-state index contributed by atoms with van der Waals surface area (Å²) in [6, 6.07) is 4.56. The number of alkyl halides is 1. The Kier molecular flexibility index (Phi) is 5.76. The molecule has 5 nitrogen and oxygen atoms in total. The molecule has 0 aliphatic carbocycles. The number of rotatable bonds is 6. The van der Waals surface area contributed by atoms with Gasteiger partial charge in [-0.3, -0.25) is 14.9 Å². The van der Waals surface area contributed by atoms with Crippen molar-refractivity contribution in [1.29, 1.82) is 0 Å². The van der Waals surface area contributed by atoms with Crippen LogP contribution in [-0.4, -0.2) is 34.7 Å². The Balaban J connectivity index is 3.09. The van der Waals surface area contributed by atoms with E-state index < -0.39 is 4.92 Å². The fourth-order valence-corrected chi connectivity index (χ4v) is 1.92. The van der Waals surface area contributed by atoms with Gasteiger partial charge in [0.05, 0.1) is 4.92 Å². The summed E-state index contributed by atoms with van der Waals surface area (Å²) >= 11 is 5.61. The van der Waals surface area contributed by atoms with Crippen molar-refractivity contribution >= 4 is 23.2 Å². The third-order valence-electron chi connectivity index (χ3n) is 2.81. The van der Waals surface area contributed by atoms with Crippen LogP contribution in [0.1, 0.15) is 29.3 Å². The van der Waals surface area contributed by atoms with Crippen molar-refractivity contribution in [3.8, 4) is 0 Å². The van der Waals surface area contributed by atoms with Gasteiger partial charge in [-0.05, 0) is 31.9 Å². The zero-order valence-electron chi connectivity index (χ0n) is 11.1. The van der Waals surface area contributed by atoms with E-state index in [-0.39, 0.29) is 17.2 Å². The second-order valence-corrected chi connectivity index (χ2v) is 4.58. The number of halogens is 1. The molecule has 1 rings (SSSR count). The van der Waals surface area contributed by atoms with Crippen LogP contribution in [0.25, 0.3) is 0 Å². The van der Waals surface area contributed by atoms with Gasteiger partial charge >= 0.3 is 0 Å². The van der Waals surface area contributed by atoms with E-state index in [4.69, 9.17) is 11.6 Å². The predicted octanol–water partition coefficient (Wildman–Crippen LogP) is 2.99. The first-order chi connectivity index (χ1) is 9.01. The Morgan fingerprint density at radius 3 is 2.68 bits per heavy atom. The summed E-state index contributed by atoms with van der Waals surface area (Å²) in [6.45, 7) is 4.65. The molecule has 0 saturated carbocycles. The van der Waals surface area contributed by atoms with E-state index in [1.54, 1.807) is 24.0 Å². The predicted molar refractivity (Wildman–Crippen MR) is 74.7 cm³/mol. The van der Waals surface area contributed by atoms with E-state index in [0.29, 0.717) is 25.4 Å². The smallest absolute Gasteiger partial charge is 0.282 e. The molecule has 0 fully saturated rings. The molecular weight excluding hydrogens is 268 g/mol. The lowest BCUT2D eigenvalue weighted by molar-refractivity contribution is -0.385. The van der Waals surface area contributed by atoms with Gasteiger partial charge in [0.1, 0.15) is 5.56 Å². The van der Waals surface area contributed by atoms with E-state index >= 15 is 0 Å². The van der Waals surface area contributed by atoms with E-state index in [2.05, 4.69) is 0 Å². The minimum atomic E-state index is -0.526. The fraction of sp³-hybridized carbons (Fsp3) is 0.462. The van der Waals surface area contributed by atoms with Crippen molar-refractivity contribution in [1.82, 2.24) is 4.90 Å². The number of carbonyl (C=O) groups is 1. The summed E-state index contributed by atoms with van der Waals surface area (Å²) in [5.74, 6) is 0.141. The van der Waals surface area contributed by atoms with E-state index in [0.717, 1.165) is 5.56 Å². The number of amides is 1. The highest BCUT2D eigenvalue weighted by Gasteiger charge is 2.23. The van der Waals surface area contributed by atoms with Crippen LogP contribution in [0.15, 0.2) is 18.2 Å². The van der Waals surface area contributed by atoms with E-state index in [1.165, 1.54) is 6.07 Å². The Bertz CT molecular complexity index is 477. The zero-order chi connectivity index (χ0) is 14.4. The molecule has 1 aromatic rings. The van der Waals surface area contributed by atoms with Gasteiger partial charge in [-0.15, -0.1) is 11.6 Å². The molecular formula is C13H17ClN2O3. The molecule has 0 aromatic heterocycles. The minimum absolute atomic E-state index is 0.140. The SMILES string of the molecule is CCN(CCCCl)C(=O)c1cc(C)ccc1[N+](=O)[O-]. The number of nitrogens with zero attached hydrogens (tertiary/aromatic N) is 2. The highest BCUT2D eigenvalue weighted by atomic mass is 35.5. The van der Waals surface area contributed by atoms with E-state index in [1.807, 2.05) is 6.92 Å². The molecule has 104 valence electrons. The highest BCUT2D eigenvalue weighted by molar-refractivity contribution is 6.17. The van der Waals surface area contributed by atoms with Crippen molar-refractivity contribution in [3.05, 3.63) is 39.4 Å². The molecule has 6 heteroatoms. The van der Waals surface area contributed by atoms with Crippen LogP contribution in [0.3, 0.4) is 0 Å². The van der Waals surface area contributed by atoms with Crippen LogP contribution in [0.2, 0.25) is 0 Å². The first-order valence-electron chi connectivity index (χ1n) is 6.11. The van der Waals surface area contributed by atoms with Gasteiger partial charge < -0.3 is 4.90 Å². The first-order valence-corrected chi connectivity index (χ1v) is 6.65. The van der Waals surface area contributed by atoms with Crippen molar-refractivity contribution in [2.24, 2.45) is 0 Å². The average Bonchev–Trinajstić information content (AvgIpc) is 2.38. The van der Waals surface area contributed by atoms with E-state index in [9.17, 15) is 14.9 Å². The lowest BCUT2D eigenvalue weighted by Crippen LogP contribution is -2.32. The van der Waals surface area contributed by atoms with Gasteiger partial charge in [0.2, 0.25) is 0 Å². The minimum Gasteiger partial charge on any atom is -0.339 e. The van der Waals surface area contributed by atoms with Crippen LogP contribution < -0.4 is 0 Å². The third kappa shape index (κ3) is 3.92. The van der Waals surface area contributed by atoms with Gasteiger partial charge in [-0.1, -0.05) is 6.07 Å². The number of carbonyl (C=O) groups excluding carboxylic acids is 1. The molecule has 1 aromatic carbocycles. The second kappa shape index (κ2) is 7.09. The number of aryl methyl sites for hydroxylation is 1. The lowest BCUT2D eigenvalue weighted by atomic mass is 10.1. The molecule has 19 heavy (non-hydrogen) atoms. The summed E-state index contributed by atoms with van der Waals surface area (Å²) in [5.41, 5.74) is 0.809. The zero-order valence-corrected chi connectivity index (χ0v) is 11.8. The van der Waals surface area contributed by atoms with Crippen LogP contribution >= 0.6 is 11.6 Å². The first kappa shape index (κ1) is 15.4. The molecule has 0 aliphatic rings. The van der Waals surface area contributed by atoms with Crippen LogP contribution in [-0.2, 0) is 0 Å². The molecule has 0 radical (unpaired) electrons. The van der Waals surface area contributed by atoms with Crippen molar-refractivity contribution < 1.29 is 9.72 Å². The van der Waals surface area contributed by atoms with Gasteiger partial charge in [0, 0.05) is 25.0 Å². The molecule has 0 atom stereocenters. The lowest BCUT2D eigenvalue weighted by Gasteiger charge is -2.20. The van der Waals surface area contributed by atoms with Gasteiger partial charge in [0.15, 0.2) is 0 Å². The maximum atomic E-state index is 12.3. The molecule has 1 amide bonds. The molecule has 0 saturated heterocycles. The maximum Gasteiger partial charge on any atom is 0.282 e. The monoisotopic (exact) mass is 284 g/mol. The molecule has 0 spiro atoms. The summed E-state index contributed by atoms with van der Waals surface area (Å²) in [7, 11) is 0. The standard InChI is InChI=1S/C13H17ClN2O3/c1-3-15(8-4-7-14)13(17)11-9-10(2)5-6-12(11)16(18)19/h5-6,9H,3-4,7-8H2,1-2H3. The molecule has 0 N–H and O–H groups in total. The Labute approximate surface area is 117 Å². The number of nitro groups is 1. The van der Waals surface area contributed by atoms with Crippen molar-refractivity contribution in [2.45, 2.75) is 20.3 Å². The maximum absolute atomic E-state index is 12.3. The number of hydrogen-bond acceptors (Lipinski definition) is 3. The molecule has 0 heterocycles. The fourth-order valence-electron chi connectivity index (χ4n) is 1.80. The number of benzene rings is 1. The highest BCUT2D eigenvalue weighted by Crippen LogP contribution is 2.21. The van der Waals surface area contributed by atoms with Gasteiger partial charge in [-0.2, -0.15) is 0 Å². The average molecular weight is 285 g/mol. The van der Waals surface area contributed by atoms with Crippen LogP contribution in [0.5, 0.6) is 0 Å². The van der Waals surface area contributed by atoms with Crippen molar-refractivity contribution in [3.63, 3.8) is 0 Å². The molecule has 0 bridgehead atoms. The van der Waals surface area contributed by atoms with Crippen LogP contribution in [0.4, 0.5) is 5.69 Å². The molecule has 0 aliphatic heterocycles. The summed E-state index contributed by atoms with van der Waals surface area (Å²) in [4.78, 5) is 24.4. The van der Waals surface area contributed by atoms with Gasteiger partial charge in [0.25, 0.3) is 11.6 Å². The van der Waals surface area contributed by atoms with Crippen LogP contribution in [0, 0.1) is 17.0 Å².